The van der Waals surface area contributed by atoms with Gasteiger partial charge in [-0.05, 0) is 425 Å². The van der Waals surface area contributed by atoms with Gasteiger partial charge in [-0.15, -0.1) is 0 Å². The molecule has 0 amide bonds. The lowest BCUT2D eigenvalue weighted by Gasteiger charge is -2.40. The van der Waals surface area contributed by atoms with Crippen molar-refractivity contribution in [2.75, 3.05) is 84.6 Å². The van der Waals surface area contributed by atoms with Gasteiger partial charge in [-0.2, -0.15) is 0 Å². The molecule has 0 atom stereocenters. The molecule has 0 N–H and O–H groups in total. The van der Waals surface area contributed by atoms with E-state index < -0.39 is 0 Å². The molecule has 4 heteroatoms. The van der Waals surface area contributed by atoms with Crippen LogP contribution in [0.4, 0.5) is 0 Å². The number of benzene rings is 20. The van der Waals surface area contributed by atoms with Crippen LogP contribution in [0.5, 0.6) is 0 Å². The van der Waals surface area contributed by atoms with Gasteiger partial charge in [-0.3, -0.25) is 0 Å². The molecule has 12 aliphatic rings. The monoisotopic (exact) mass is 1910 g/mol. The van der Waals surface area contributed by atoms with Crippen LogP contribution < -0.4 is 0 Å². The van der Waals surface area contributed by atoms with Crippen molar-refractivity contribution in [2.45, 2.75) is 101 Å². The summed E-state index contributed by atoms with van der Waals surface area (Å²) in [6.45, 7) is 9.50. The van der Waals surface area contributed by atoms with Crippen LogP contribution in [0.15, 0.2) is 388 Å². The first-order valence-electron chi connectivity index (χ1n) is 53.2. The normalized spacial score (nSPS) is 14.7. The summed E-state index contributed by atoms with van der Waals surface area (Å²) < 4.78 is 0. The molecule has 724 valence electrons. The highest BCUT2D eigenvalue weighted by molar-refractivity contribution is 6.10. The second-order valence-corrected chi connectivity index (χ2v) is 45.6. The molecule has 12 aliphatic carbocycles. The molecule has 0 saturated heterocycles. The molecule has 0 bridgehead atoms. The topological polar surface area (TPSA) is 13.0 Å². The molecule has 32 rings (SSSR count). The van der Waals surface area contributed by atoms with Crippen LogP contribution in [-0.2, 0) is 73.0 Å². The molecular formula is C144H128N4. The molecule has 148 heavy (non-hydrogen) atoms. The van der Waals surface area contributed by atoms with Crippen LogP contribution in [0.3, 0.4) is 0 Å². The second-order valence-electron chi connectivity index (χ2n) is 45.6. The maximum absolute atomic E-state index is 2.49. The van der Waals surface area contributed by atoms with Crippen molar-refractivity contribution in [1.82, 2.24) is 19.6 Å². The Hall–Kier alpha value is -15.2. The van der Waals surface area contributed by atoms with E-state index in [4.69, 9.17) is 0 Å². The average Bonchev–Trinajstić information content (AvgIpc) is 1.50. The quantitative estimate of drug-likeness (QED) is 0.150. The zero-order valence-electron chi connectivity index (χ0n) is 88.4. The zero-order valence-corrected chi connectivity index (χ0v) is 88.4. The Bertz CT molecular complexity index is 8330. The number of hydrogen-bond acceptors (Lipinski definition) is 4. The van der Waals surface area contributed by atoms with Gasteiger partial charge in [0, 0.05) is 10.8 Å². The summed E-state index contributed by atoms with van der Waals surface area (Å²) in [6, 6.07) is 147. The van der Waals surface area contributed by atoms with Gasteiger partial charge in [-0.1, -0.05) is 416 Å². The highest BCUT2D eigenvalue weighted by Crippen LogP contribution is 2.69. The smallest absolute Gasteiger partial charge is 0.0719 e. The first-order chi connectivity index (χ1) is 71.9. The lowest BCUT2D eigenvalue weighted by Crippen LogP contribution is -2.34. The highest BCUT2D eigenvalue weighted by atomic mass is 15.0. The minimum Gasteiger partial charge on any atom is -0.312 e. The molecule has 0 saturated carbocycles. The molecule has 0 heterocycles. The van der Waals surface area contributed by atoms with Crippen molar-refractivity contribution in [2.24, 2.45) is 0 Å². The molecule has 2 spiro atoms. The molecule has 20 aromatic rings. The minimum atomic E-state index is -0.324. The largest absolute Gasteiger partial charge is 0.312 e. The summed E-state index contributed by atoms with van der Waals surface area (Å²) in [6.07, 6.45) is 8.11. The summed E-state index contributed by atoms with van der Waals surface area (Å²) in [5.74, 6) is 0. The third kappa shape index (κ3) is 14.6. The molecule has 0 radical (unpaired) electrons. The first kappa shape index (κ1) is 93.8. The Balaban J connectivity index is 0.0000000992. The van der Waals surface area contributed by atoms with E-state index in [1.54, 1.807) is 0 Å². The van der Waals surface area contributed by atoms with Gasteiger partial charge in [0.2, 0.25) is 0 Å². The molecule has 20 aromatic carbocycles. The third-order valence-electron chi connectivity index (χ3n) is 33.5. The SMILES string of the molecule is CC1(C)c2ccc3c(c2-c2c1ccc1ccccc21)Cc1ccccc1-3.CC1(C)c2ccc3c(c2-c2c1ccc1ccccc21)Cc1ccccc1-3.CN(C)C.CN(C)C.CN(C)C.CN(C)C.c1ccc2c(c1)Cc1c-2ccc2c1-c1c(ccc3c1Cc1ccccc1-3)C21c2ccccc2Cc2ccccc21.c1ccc2c(c1)Cc1ccc3c(c1-2)-c1c(ccc2c1-c1ccccc1C2)C31c2ccccc2Cc2ccccc21. The Labute approximate surface area is 875 Å². The molecule has 0 fully saturated rings. The summed E-state index contributed by atoms with van der Waals surface area (Å²) in [5.41, 5.74) is 69.5. The summed E-state index contributed by atoms with van der Waals surface area (Å²) >= 11 is 0. The van der Waals surface area contributed by atoms with Crippen molar-refractivity contribution in [3.05, 3.63) is 544 Å². The Morgan fingerprint density at radius 2 is 0.345 bits per heavy atom. The van der Waals surface area contributed by atoms with Crippen LogP contribution in [-0.4, -0.2) is 104 Å². The van der Waals surface area contributed by atoms with E-state index in [9.17, 15) is 0 Å². The Kier molecular flexibility index (Phi) is 23.1. The minimum absolute atomic E-state index is 0.0541. The lowest BCUT2D eigenvalue weighted by atomic mass is 9.61. The predicted molar refractivity (Wildman–Crippen MR) is 624 cm³/mol. The second kappa shape index (κ2) is 36.4. The molecular weight excluding hydrogens is 1790 g/mol. The van der Waals surface area contributed by atoms with Crippen molar-refractivity contribution in [1.29, 1.82) is 0 Å². The van der Waals surface area contributed by atoms with Gasteiger partial charge in [0.25, 0.3) is 0 Å². The number of hydrogen-bond donors (Lipinski definition) is 0. The molecule has 0 aromatic heterocycles. The van der Waals surface area contributed by atoms with Gasteiger partial charge >= 0.3 is 0 Å². The van der Waals surface area contributed by atoms with E-state index in [0.29, 0.717) is 0 Å². The molecule has 0 unspecified atom stereocenters. The maximum atomic E-state index is 2.49. The Morgan fingerprint density at radius 1 is 0.142 bits per heavy atom. The van der Waals surface area contributed by atoms with Crippen LogP contribution in [0.25, 0.3) is 133 Å². The van der Waals surface area contributed by atoms with Crippen LogP contribution in [0, 0.1) is 0 Å². The summed E-state index contributed by atoms with van der Waals surface area (Å²) in [7, 11) is 24.0. The van der Waals surface area contributed by atoms with E-state index in [0.717, 1.165) is 51.4 Å². The number of rotatable bonds is 0. The van der Waals surface area contributed by atoms with Gasteiger partial charge in [0.05, 0.1) is 10.8 Å². The van der Waals surface area contributed by atoms with Crippen LogP contribution >= 0.6 is 0 Å². The van der Waals surface area contributed by atoms with Gasteiger partial charge in [-0.25, -0.2) is 0 Å². The lowest BCUT2D eigenvalue weighted by molar-refractivity contribution is 0.505. The summed E-state index contributed by atoms with van der Waals surface area (Å²) in [5, 5.41) is 5.45. The average molecular weight is 1910 g/mol. The van der Waals surface area contributed by atoms with Crippen LogP contribution in [0.1, 0.15) is 183 Å². The Morgan fingerprint density at radius 3 is 0.642 bits per heavy atom. The zero-order chi connectivity index (χ0) is 101. The van der Waals surface area contributed by atoms with Crippen molar-refractivity contribution in [3.63, 3.8) is 0 Å². The highest BCUT2D eigenvalue weighted by Gasteiger charge is 2.56. The fraction of sp³-hybridized carbons (Fsp3) is 0.194. The van der Waals surface area contributed by atoms with Gasteiger partial charge in [0.15, 0.2) is 0 Å². The standard InChI is InChI=1S/2C40H26.2C26H20.4C3H9N/c1-5-13-28-24(9-1)22-32-30(28)17-19-36-38(32)39-33-23-25-10-2-6-14-29(25)31(33)18-20-37(39)40(36)34-15-7-3-11-26(34)21-27-12-4-8-16-35(27)40;1-5-13-30-24(9-1)21-28-17-19-34-38(36(28)30)39-35(20-18-29-22-25-10-2-6-14-31(25)37(29)39)40(34)32-15-7-3-11-26(32)23-27-12-4-8-16-33(27)40;2*1-26(2)22-13-11-16-7-3-6-10-19(16)24(22)25-21-15-17-8-4-5-9-18(17)20(21)12-14-23(25)26;4*1-4(2)3/h2*1-20H,21-23H2;2*3-14H,15H2,1-2H3;4*1-3H3. The van der Waals surface area contributed by atoms with Gasteiger partial charge in [0.1, 0.15) is 0 Å². The van der Waals surface area contributed by atoms with Crippen LogP contribution in [0.2, 0.25) is 0 Å². The number of nitrogens with zero attached hydrogens (tertiary/aromatic N) is 4. The predicted octanol–water partition coefficient (Wildman–Crippen LogP) is 32.3. The van der Waals surface area contributed by atoms with Crippen molar-refractivity contribution >= 4 is 21.5 Å². The fourth-order valence-electron chi connectivity index (χ4n) is 28.0. The van der Waals surface area contributed by atoms with E-state index in [1.807, 2.05) is 104 Å². The van der Waals surface area contributed by atoms with E-state index in [2.05, 4.69) is 416 Å². The summed E-state index contributed by atoms with van der Waals surface area (Å²) in [4.78, 5) is 8.00. The van der Waals surface area contributed by atoms with Crippen molar-refractivity contribution < 1.29 is 0 Å². The molecule has 0 aliphatic heterocycles. The molecule has 4 nitrogen and oxygen atoms in total. The van der Waals surface area contributed by atoms with E-state index in [1.165, 1.54) is 289 Å². The van der Waals surface area contributed by atoms with Crippen molar-refractivity contribution in [3.8, 4) is 111 Å². The van der Waals surface area contributed by atoms with E-state index in [-0.39, 0.29) is 21.7 Å². The third-order valence-corrected chi connectivity index (χ3v) is 33.5. The van der Waals surface area contributed by atoms with Gasteiger partial charge < -0.3 is 19.6 Å². The first-order valence-corrected chi connectivity index (χ1v) is 53.2. The number of fused-ring (bicyclic) bond motifs is 52. The maximum Gasteiger partial charge on any atom is 0.0719 e. The van der Waals surface area contributed by atoms with E-state index >= 15 is 0 Å². The fourth-order valence-corrected chi connectivity index (χ4v) is 28.0.